The number of hydrogen-bond acceptors (Lipinski definition) is 6. The standard InChI is InChI=1S/C28H25N3O4S.H2/c1-33-21-14-19(15-22(34-2)26(21)35-28(32)31-16-17-10-11-20(31)13-17)27-29-24(18-7-4-3-5-8-18)25(30-27)23-9-6-12-36-23;/h3-9,12,14-16,20H,10-11,13H2,1-2H3,(H,29,30);1H. The number of thiophene rings is 1. The molecule has 1 amide bonds. The van der Waals surface area contributed by atoms with Crippen LogP contribution in [0, 0.1) is 0 Å². The van der Waals surface area contributed by atoms with Crippen LogP contribution in [0.2, 0.25) is 0 Å². The highest BCUT2D eigenvalue weighted by Gasteiger charge is 2.36. The summed E-state index contributed by atoms with van der Waals surface area (Å²) in [7, 11) is 3.09. The fraction of sp³-hybridized carbons (Fsp3) is 0.214. The first-order chi connectivity index (χ1) is 17.6. The van der Waals surface area contributed by atoms with E-state index >= 15 is 0 Å². The monoisotopic (exact) mass is 501 g/mol. The molecule has 184 valence electrons. The summed E-state index contributed by atoms with van der Waals surface area (Å²) in [6, 6.07) is 18.0. The lowest BCUT2D eigenvalue weighted by molar-refractivity contribution is 0.154. The van der Waals surface area contributed by atoms with Crippen LogP contribution < -0.4 is 14.2 Å². The number of ether oxygens (including phenoxy) is 3. The third-order valence-corrected chi connectivity index (χ3v) is 7.55. The van der Waals surface area contributed by atoms with Gasteiger partial charge < -0.3 is 19.2 Å². The Morgan fingerprint density at radius 3 is 2.47 bits per heavy atom. The minimum Gasteiger partial charge on any atom is -0.493 e. The van der Waals surface area contributed by atoms with Gasteiger partial charge in [-0.3, -0.25) is 4.90 Å². The molecule has 0 spiro atoms. The summed E-state index contributed by atoms with van der Waals surface area (Å²) in [4.78, 5) is 24.2. The van der Waals surface area contributed by atoms with Gasteiger partial charge in [0, 0.05) is 24.8 Å². The Morgan fingerprint density at radius 1 is 1.08 bits per heavy atom. The molecule has 1 N–H and O–H groups in total. The maximum Gasteiger partial charge on any atom is 0.419 e. The number of H-pyrrole nitrogens is 1. The highest BCUT2D eigenvalue weighted by atomic mass is 32.1. The molecule has 8 heteroatoms. The van der Waals surface area contributed by atoms with Gasteiger partial charge >= 0.3 is 6.09 Å². The molecule has 2 bridgehead atoms. The fourth-order valence-corrected chi connectivity index (χ4v) is 5.62. The smallest absolute Gasteiger partial charge is 0.419 e. The lowest BCUT2D eigenvalue weighted by Crippen LogP contribution is -2.35. The number of hydrogen-bond donors (Lipinski definition) is 1. The predicted molar refractivity (Wildman–Crippen MR) is 142 cm³/mol. The molecule has 2 aromatic carbocycles. The summed E-state index contributed by atoms with van der Waals surface area (Å²) in [5.74, 6) is 1.70. The van der Waals surface area contributed by atoms with Crippen LogP contribution in [0.4, 0.5) is 4.79 Å². The molecule has 6 rings (SSSR count). The van der Waals surface area contributed by atoms with Crippen LogP contribution in [0.5, 0.6) is 17.2 Å². The third kappa shape index (κ3) is 3.93. The molecule has 1 aliphatic carbocycles. The molecule has 3 heterocycles. The Balaban J connectivity index is 0.00000280. The Bertz CT molecular complexity index is 1420. The molecule has 1 atom stereocenters. The van der Waals surface area contributed by atoms with Crippen molar-refractivity contribution < 1.29 is 20.4 Å². The normalized spacial score (nSPS) is 16.2. The van der Waals surface area contributed by atoms with E-state index in [-0.39, 0.29) is 13.2 Å². The van der Waals surface area contributed by atoms with E-state index in [0.717, 1.165) is 46.7 Å². The number of carbonyl (C=O) groups is 1. The fourth-order valence-electron chi connectivity index (χ4n) is 4.89. The largest absolute Gasteiger partial charge is 0.493 e. The molecule has 1 unspecified atom stereocenters. The minimum absolute atomic E-state index is 0. The molecular weight excluding hydrogens is 474 g/mol. The van der Waals surface area contributed by atoms with Gasteiger partial charge in [-0.15, -0.1) is 11.3 Å². The average Bonchev–Trinajstić information content (AvgIpc) is 3.73. The summed E-state index contributed by atoms with van der Waals surface area (Å²) in [5.41, 5.74) is 4.86. The number of benzene rings is 2. The highest BCUT2D eigenvalue weighted by Crippen LogP contribution is 2.44. The molecule has 7 nitrogen and oxygen atoms in total. The van der Waals surface area contributed by atoms with Crippen LogP contribution >= 0.6 is 11.3 Å². The van der Waals surface area contributed by atoms with Gasteiger partial charge in [-0.05, 0) is 42.8 Å². The number of fused-ring (bicyclic) bond motifs is 2. The van der Waals surface area contributed by atoms with Crippen LogP contribution in [-0.4, -0.2) is 41.2 Å². The second-order valence-corrected chi connectivity index (χ2v) is 9.77. The zero-order chi connectivity index (χ0) is 24.6. The lowest BCUT2D eigenvalue weighted by Gasteiger charge is -2.23. The quantitative estimate of drug-likeness (QED) is 0.308. The highest BCUT2D eigenvalue weighted by molar-refractivity contribution is 7.13. The number of aromatic nitrogens is 2. The van der Waals surface area contributed by atoms with Gasteiger partial charge in [0.15, 0.2) is 11.5 Å². The summed E-state index contributed by atoms with van der Waals surface area (Å²) in [6.07, 6.45) is 4.44. The molecule has 2 aromatic heterocycles. The van der Waals surface area contributed by atoms with Crippen molar-refractivity contribution in [1.29, 1.82) is 0 Å². The van der Waals surface area contributed by atoms with Gasteiger partial charge in [0.05, 0.1) is 30.5 Å². The Labute approximate surface area is 214 Å². The average molecular weight is 502 g/mol. The van der Waals surface area contributed by atoms with Crippen LogP contribution in [0.1, 0.15) is 20.7 Å². The van der Waals surface area contributed by atoms with E-state index in [9.17, 15) is 4.79 Å². The zero-order valence-corrected chi connectivity index (χ0v) is 20.8. The summed E-state index contributed by atoms with van der Waals surface area (Å²) >= 11 is 1.65. The number of nitrogens with zero attached hydrogens (tertiary/aromatic N) is 2. The van der Waals surface area contributed by atoms with E-state index in [4.69, 9.17) is 19.2 Å². The van der Waals surface area contributed by atoms with Gasteiger partial charge in [-0.25, -0.2) is 9.78 Å². The molecule has 36 heavy (non-hydrogen) atoms. The van der Waals surface area contributed by atoms with Crippen LogP contribution in [0.25, 0.3) is 33.2 Å². The molecule has 1 fully saturated rings. The van der Waals surface area contributed by atoms with E-state index in [1.807, 2.05) is 60.1 Å². The third-order valence-electron chi connectivity index (χ3n) is 6.66. The van der Waals surface area contributed by atoms with Gasteiger partial charge in [0.25, 0.3) is 0 Å². The predicted octanol–water partition coefficient (Wildman–Crippen LogP) is 6.99. The number of carbonyl (C=O) groups excluding carboxylic acids is 1. The van der Waals surface area contributed by atoms with E-state index in [0.29, 0.717) is 17.3 Å². The van der Waals surface area contributed by atoms with Crippen molar-refractivity contribution in [2.24, 2.45) is 0 Å². The molecule has 2 aliphatic rings. The van der Waals surface area contributed by atoms with Crippen LogP contribution in [0.15, 0.2) is 71.8 Å². The number of rotatable bonds is 6. The van der Waals surface area contributed by atoms with Gasteiger partial charge in [-0.1, -0.05) is 42.0 Å². The number of aromatic amines is 1. The number of imidazole rings is 1. The van der Waals surface area contributed by atoms with Crippen molar-refractivity contribution in [2.75, 3.05) is 14.2 Å². The molecule has 4 aromatic rings. The van der Waals surface area contributed by atoms with Crippen molar-refractivity contribution in [1.82, 2.24) is 14.9 Å². The molecule has 0 saturated heterocycles. The first kappa shape index (κ1) is 22.4. The van der Waals surface area contributed by atoms with Crippen molar-refractivity contribution >= 4 is 17.4 Å². The lowest BCUT2D eigenvalue weighted by atomic mass is 10.1. The number of methoxy groups -OCH3 is 2. The van der Waals surface area contributed by atoms with E-state index in [1.165, 1.54) is 5.57 Å². The Kier molecular flexibility index (Phi) is 5.73. The SMILES string of the molecule is COc1cc(-c2nc(-c3ccccc3)c(-c3cccs3)[nH]2)cc(OC)c1OC(=O)N1C=C2CCC1C2.[HH]. The molecular formula is C28H27N3O4S. The van der Waals surface area contributed by atoms with Gasteiger partial charge in [0.1, 0.15) is 5.82 Å². The van der Waals surface area contributed by atoms with Crippen molar-refractivity contribution in [3.05, 3.63) is 71.8 Å². The van der Waals surface area contributed by atoms with E-state index in [1.54, 1.807) is 30.5 Å². The minimum atomic E-state index is -0.427. The van der Waals surface area contributed by atoms with Gasteiger partial charge in [0.2, 0.25) is 5.75 Å². The molecule has 0 radical (unpaired) electrons. The maximum absolute atomic E-state index is 13.0. The zero-order valence-electron chi connectivity index (χ0n) is 20.0. The summed E-state index contributed by atoms with van der Waals surface area (Å²) in [5, 5.41) is 2.04. The molecule has 1 saturated carbocycles. The second-order valence-electron chi connectivity index (χ2n) is 8.82. The molecule has 1 aliphatic heterocycles. The van der Waals surface area contributed by atoms with Gasteiger partial charge in [-0.2, -0.15) is 0 Å². The Hall–Kier alpha value is -4.04. The number of amides is 1. The summed E-state index contributed by atoms with van der Waals surface area (Å²) in [6.45, 7) is 0. The van der Waals surface area contributed by atoms with Crippen molar-refractivity contribution in [3.63, 3.8) is 0 Å². The van der Waals surface area contributed by atoms with Crippen molar-refractivity contribution in [3.8, 4) is 50.5 Å². The van der Waals surface area contributed by atoms with Crippen LogP contribution in [-0.2, 0) is 0 Å². The topological polar surface area (TPSA) is 76.7 Å². The van der Waals surface area contributed by atoms with E-state index < -0.39 is 6.09 Å². The maximum atomic E-state index is 13.0. The first-order valence-corrected chi connectivity index (χ1v) is 12.7. The van der Waals surface area contributed by atoms with Crippen LogP contribution in [0.3, 0.4) is 0 Å². The number of nitrogens with one attached hydrogen (secondary N) is 1. The second kappa shape index (κ2) is 9.20. The Morgan fingerprint density at radius 2 is 1.86 bits per heavy atom. The van der Waals surface area contributed by atoms with Crippen molar-refractivity contribution in [2.45, 2.75) is 25.3 Å². The van der Waals surface area contributed by atoms with E-state index in [2.05, 4.69) is 11.1 Å². The summed E-state index contributed by atoms with van der Waals surface area (Å²) < 4.78 is 17.1. The first-order valence-electron chi connectivity index (χ1n) is 11.8.